The number of aromatic nitrogens is 3. The highest BCUT2D eigenvalue weighted by molar-refractivity contribution is 5.86. The van der Waals surface area contributed by atoms with Gasteiger partial charge >= 0.3 is 0 Å². The van der Waals surface area contributed by atoms with Crippen LogP contribution in [0.15, 0.2) is 47.5 Å². The monoisotopic (exact) mass is 509 g/mol. The molecule has 2 N–H and O–H groups in total. The van der Waals surface area contributed by atoms with E-state index in [0.717, 1.165) is 43.5 Å². The lowest BCUT2D eigenvalue weighted by molar-refractivity contribution is 0.0655. The standard InChI is InChI=1S/C27H33F2N7O/c1-15(2)36-16(3)32-25-20(28)11-19(12-22(25)36)24-21(29)14-31-27(34-24)33-23-6-5-18(13-30-23)26(37)17-7-9-35(4)10-8-17/h5-6,11-15,17,22,25-26,37H,7-10H2,1-4H3,(H,30,31,33,34). The molecule has 0 radical (unpaired) electrons. The fourth-order valence-corrected chi connectivity index (χ4v) is 5.45. The molecular formula is C27H33F2N7O. The number of nitrogens with zero attached hydrogens (tertiary/aromatic N) is 6. The van der Waals surface area contributed by atoms with E-state index in [2.05, 4.69) is 37.2 Å². The third-order valence-electron chi connectivity index (χ3n) is 7.42. The van der Waals surface area contributed by atoms with Crippen molar-refractivity contribution in [2.45, 2.75) is 57.8 Å². The Hall–Kier alpha value is -3.24. The predicted octanol–water partition coefficient (Wildman–Crippen LogP) is 4.26. The number of aliphatic imine (C=N–C) groups is 1. The third-order valence-corrected chi connectivity index (χ3v) is 7.42. The maximum Gasteiger partial charge on any atom is 0.229 e. The van der Waals surface area contributed by atoms with E-state index < -0.39 is 23.8 Å². The molecule has 0 spiro atoms. The van der Waals surface area contributed by atoms with Crippen LogP contribution >= 0.6 is 0 Å². The van der Waals surface area contributed by atoms with Crippen molar-refractivity contribution in [3.05, 3.63) is 59.6 Å². The number of fused-ring (bicyclic) bond motifs is 1. The van der Waals surface area contributed by atoms with Crippen molar-refractivity contribution >= 4 is 23.2 Å². The summed E-state index contributed by atoms with van der Waals surface area (Å²) in [5, 5.41) is 13.8. The van der Waals surface area contributed by atoms with Crippen LogP contribution in [0.2, 0.25) is 0 Å². The Bertz CT molecular complexity index is 1240. The van der Waals surface area contributed by atoms with Crippen LogP contribution in [-0.4, -0.2) is 74.0 Å². The summed E-state index contributed by atoms with van der Waals surface area (Å²) in [6.45, 7) is 7.83. The van der Waals surface area contributed by atoms with Crippen LogP contribution in [0.25, 0.3) is 5.57 Å². The second-order valence-electron chi connectivity index (χ2n) is 10.3. The summed E-state index contributed by atoms with van der Waals surface area (Å²) >= 11 is 0. The van der Waals surface area contributed by atoms with Gasteiger partial charge in [-0.3, -0.25) is 4.99 Å². The Labute approximate surface area is 215 Å². The van der Waals surface area contributed by atoms with Crippen LogP contribution in [0.5, 0.6) is 0 Å². The van der Waals surface area contributed by atoms with Crippen molar-refractivity contribution in [1.82, 2.24) is 24.8 Å². The number of hydrogen-bond donors (Lipinski definition) is 2. The van der Waals surface area contributed by atoms with Crippen molar-refractivity contribution in [1.29, 1.82) is 0 Å². The second kappa shape index (κ2) is 10.3. The smallest absolute Gasteiger partial charge is 0.229 e. The molecule has 0 saturated carbocycles. The molecule has 196 valence electrons. The number of amidine groups is 1. The molecule has 0 aromatic carbocycles. The van der Waals surface area contributed by atoms with E-state index in [9.17, 15) is 13.9 Å². The van der Waals surface area contributed by atoms with Gasteiger partial charge in [-0.2, -0.15) is 0 Å². The first-order valence-electron chi connectivity index (χ1n) is 12.8. The molecule has 2 aromatic rings. The highest BCUT2D eigenvalue weighted by Gasteiger charge is 2.39. The minimum absolute atomic E-state index is 0.00803. The number of likely N-dealkylation sites (tertiary alicyclic amines) is 1. The van der Waals surface area contributed by atoms with Gasteiger partial charge in [0.15, 0.2) is 5.82 Å². The zero-order chi connectivity index (χ0) is 26.3. The van der Waals surface area contributed by atoms with Gasteiger partial charge in [0.05, 0.1) is 24.2 Å². The van der Waals surface area contributed by atoms with Crippen LogP contribution in [0.4, 0.5) is 20.5 Å². The second-order valence-corrected chi connectivity index (χ2v) is 10.3. The van der Waals surface area contributed by atoms with Gasteiger partial charge < -0.3 is 20.2 Å². The van der Waals surface area contributed by atoms with E-state index in [1.54, 1.807) is 12.3 Å². The average Bonchev–Trinajstić information content (AvgIpc) is 3.22. The summed E-state index contributed by atoms with van der Waals surface area (Å²) in [7, 11) is 2.09. The fourth-order valence-electron chi connectivity index (χ4n) is 5.45. The molecule has 0 bridgehead atoms. The summed E-state index contributed by atoms with van der Waals surface area (Å²) in [5.74, 6) is 0.504. The lowest BCUT2D eigenvalue weighted by Gasteiger charge is -2.32. The SMILES string of the molecule is CC1=NC2C(F)=CC(c3nc(Nc4ccc(C(O)C5CCN(C)CC5)cn4)ncc3F)=CC2N1C(C)C. The van der Waals surface area contributed by atoms with Crippen LogP contribution in [-0.2, 0) is 0 Å². The molecule has 2 aromatic heterocycles. The lowest BCUT2D eigenvalue weighted by atomic mass is 9.88. The molecule has 37 heavy (non-hydrogen) atoms. The Morgan fingerprint density at radius 3 is 2.54 bits per heavy atom. The number of allylic oxidation sites excluding steroid dienone is 2. The summed E-state index contributed by atoms with van der Waals surface area (Å²) in [6, 6.07) is 2.72. The highest BCUT2D eigenvalue weighted by Crippen LogP contribution is 2.36. The number of piperidine rings is 1. The van der Waals surface area contributed by atoms with Crippen LogP contribution in [0, 0.1) is 11.7 Å². The van der Waals surface area contributed by atoms with Crippen molar-refractivity contribution in [2.24, 2.45) is 10.9 Å². The molecule has 3 atom stereocenters. The van der Waals surface area contributed by atoms with Crippen LogP contribution < -0.4 is 5.32 Å². The van der Waals surface area contributed by atoms with Gasteiger partial charge in [-0.1, -0.05) is 6.07 Å². The van der Waals surface area contributed by atoms with E-state index in [0.29, 0.717) is 11.4 Å². The molecule has 3 aliphatic rings. The van der Waals surface area contributed by atoms with Crippen LogP contribution in [0.1, 0.15) is 51.0 Å². The molecule has 4 heterocycles. The Morgan fingerprint density at radius 2 is 1.86 bits per heavy atom. The molecule has 1 fully saturated rings. The number of nitrogens with one attached hydrogen (secondary N) is 1. The number of anilines is 2. The van der Waals surface area contributed by atoms with Gasteiger partial charge in [-0.15, -0.1) is 0 Å². The van der Waals surface area contributed by atoms with E-state index in [-0.39, 0.29) is 29.6 Å². The first kappa shape index (κ1) is 25.4. The zero-order valence-electron chi connectivity index (χ0n) is 21.6. The van der Waals surface area contributed by atoms with Crippen molar-refractivity contribution in [2.75, 3.05) is 25.5 Å². The van der Waals surface area contributed by atoms with E-state index >= 15 is 0 Å². The number of halogens is 2. The number of hydrogen-bond acceptors (Lipinski definition) is 8. The molecule has 5 rings (SSSR count). The van der Waals surface area contributed by atoms with Gasteiger partial charge in [-0.05, 0) is 83.4 Å². The van der Waals surface area contributed by atoms with Gasteiger partial charge in [0, 0.05) is 17.8 Å². The maximum atomic E-state index is 15.0. The van der Waals surface area contributed by atoms with Gasteiger partial charge in [0.2, 0.25) is 5.95 Å². The zero-order valence-corrected chi connectivity index (χ0v) is 21.6. The highest BCUT2D eigenvalue weighted by atomic mass is 19.1. The third kappa shape index (κ3) is 5.13. The summed E-state index contributed by atoms with van der Waals surface area (Å²) in [5.41, 5.74) is 1.11. The molecule has 3 unspecified atom stereocenters. The van der Waals surface area contributed by atoms with Crippen molar-refractivity contribution < 1.29 is 13.9 Å². The van der Waals surface area contributed by atoms with Gasteiger partial charge in [-0.25, -0.2) is 23.7 Å². The lowest BCUT2D eigenvalue weighted by Crippen LogP contribution is -2.43. The Balaban J connectivity index is 1.33. The van der Waals surface area contributed by atoms with E-state index in [4.69, 9.17) is 0 Å². The predicted molar refractivity (Wildman–Crippen MR) is 140 cm³/mol. The number of aliphatic hydroxyl groups excluding tert-OH is 1. The van der Waals surface area contributed by atoms with Crippen molar-refractivity contribution in [3.63, 3.8) is 0 Å². The molecule has 2 aliphatic heterocycles. The number of pyridine rings is 1. The average molecular weight is 510 g/mol. The quantitative estimate of drug-likeness (QED) is 0.602. The molecule has 1 aliphatic carbocycles. The molecule has 1 saturated heterocycles. The maximum absolute atomic E-state index is 15.0. The first-order chi connectivity index (χ1) is 17.7. The topological polar surface area (TPSA) is 89.8 Å². The van der Waals surface area contributed by atoms with Gasteiger partial charge in [0.25, 0.3) is 0 Å². The first-order valence-corrected chi connectivity index (χ1v) is 12.8. The molecule has 0 amide bonds. The van der Waals surface area contributed by atoms with Gasteiger partial charge in [0.1, 0.15) is 23.4 Å². The largest absolute Gasteiger partial charge is 0.388 e. The normalized spacial score (nSPS) is 23.5. The Kier molecular flexibility index (Phi) is 7.04. The number of aliphatic hydroxyl groups is 1. The summed E-state index contributed by atoms with van der Waals surface area (Å²) in [6.07, 6.45) is 7.14. The van der Waals surface area contributed by atoms with Crippen molar-refractivity contribution in [3.8, 4) is 0 Å². The van der Waals surface area contributed by atoms with E-state index in [1.807, 2.05) is 37.8 Å². The fraction of sp³-hybridized carbons (Fsp3) is 0.481. The summed E-state index contributed by atoms with van der Waals surface area (Å²) < 4.78 is 29.8. The number of rotatable bonds is 6. The molecular weight excluding hydrogens is 476 g/mol. The molecule has 8 nitrogen and oxygen atoms in total. The van der Waals surface area contributed by atoms with Crippen LogP contribution in [0.3, 0.4) is 0 Å². The summed E-state index contributed by atoms with van der Waals surface area (Å²) in [4.78, 5) is 21.5. The Morgan fingerprint density at radius 1 is 1.11 bits per heavy atom. The minimum Gasteiger partial charge on any atom is -0.388 e. The minimum atomic E-state index is -0.643. The van der Waals surface area contributed by atoms with E-state index in [1.165, 1.54) is 6.08 Å². The molecule has 10 heteroatoms.